The van der Waals surface area contributed by atoms with Crippen molar-refractivity contribution in [2.75, 3.05) is 31.1 Å². The SMILES string of the molecule is CCCCOc1ccc(-c2cc3ccc(N4CCNC(C)C4)cc3oc2=O)cc1O. The van der Waals surface area contributed by atoms with Gasteiger partial charge in [-0.15, -0.1) is 0 Å². The summed E-state index contributed by atoms with van der Waals surface area (Å²) in [7, 11) is 0. The summed E-state index contributed by atoms with van der Waals surface area (Å²) in [5.74, 6) is 0.443. The van der Waals surface area contributed by atoms with Crippen LogP contribution in [0.2, 0.25) is 0 Å². The number of hydrogen-bond donors (Lipinski definition) is 2. The first kappa shape index (κ1) is 20.3. The van der Waals surface area contributed by atoms with E-state index in [0.717, 1.165) is 43.5 Å². The first-order chi connectivity index (χ1) is 14.5. The maximum atomic E-state index is 12.7. The van der Waals surface area contributed by atoms with E-state index in [4.69, 9.17) is 9.15 Å². The van der Waals surface area contributed by atoms with Crippen LogP contribution in [0.4, 0.5) is 5.69 Å². The molecule has 1 aliphatic rings. The summed E-state index contributed by atoms with van der Waals surface area (Å²) in [6.07, 6.45) is 1.94. The molecular weight excluding hydrogens is 380 g/mol. The van der Waals surface area contributed by atoms with Gasteiger partial charge in [-0.05, 0) is 49.2 Å². The molecule has 0 radical (unpaired) electrons. The highest BCUT2D eigenvalue weighted by atomic mass is 16.5. The fraction of sp³-hybridized carbons (Fsp3) is 0.375. The molecule has 2 heterocycles. The fourth-order valence-corrected chi connectivity index (χ4v) is 3.80. The van der Waals surface area contributed by atoms with Crippen molar-refractivity contribution in [3.8, 4) is 22.6 Å². The van der Waals surface area contributed by atoms with Crippen molar-refractivity contribution in [3.63, 3.8) is 0 Å². The molecule has 2 aromatic carbocycles. The van der Waals surface area contributed by atoms with Gasteiger partial charge in [0.1, 0.15) is 5.58 Å². The number of unbranched alkanes of at least 4 members (excludes halogenated alkanes) is 1. The first-order valence-corrected chi connectivity index (χ1v) is 10.6. The smallest absolute Gasteiger partial charge is 0.344 e. The molecule has 2 N–H and O–H groups in total. The molecule has 30 heavy (non-hydrogen) atoms. The summed E-state index contributed by atoms with van der Waals surface area (Å²) >= 11 is 0. The molecule has 0 saturated carbocycles. The summed E-state index contributed by atoms with van der Waals surface area (Å²) in [5.41, 5.74) is 2.22. The van der Waals surface area contributed by atoms with E-state index in [9.17, 15) is 9.90 Å². The normalized spacial score (nSPS) is 16.7. The van der Waals surface area contributed by atoms with Gasteiger partial charge >= 0.3 is 5.63 Å². The van der Waals surface area contributed by atoms with Crippen molar-refractivity contribution in [2.24, 2.45) is 0 Å². The Morgan fingerprint density at radius 2 is 2.10 bits per heavy atom. The Kier molecular flexibility index (Phi) is 5.95. The number of nitrogens with one attached hydrogen (secondary N) is 1. The van der Waals surface area contributed by atoms with Crippen molar-refractivity contribution >= 4 is 16.7 Å². The molecule has 1 fully saturated rings. The van der Waals surface area contributed by atoms with E-state index < -0.39 is 5.63 Å². The van der Waals surface area contributed by atoms with Crippen LogP contribution < -0.4 is 20.6 Å². The second-order valence-electron chi connectivity index (χ2n) is 7.86. The van der Waals surface area contributed by atoms with Crippen molar-refractivity contribution < 1.29 is 14.3 Å². The van der Waals surface area contributed by atoms with Gasteiger partial charge in [0.25, 0.3) is 0 Å². The van der Waals surface area contributed by atoms with Crippen LogP contribution in [0.3, 0.4) is 0 Å². The number of phenols is 1. The van der Waals surface area contributed by atoms with Crippen LogP contribution in [0.25, 0.3) is 22.1 Å². The van der Waals surface area contributed by atoms with E-state index in [0.29, 0.717) is 35.1 Å². The van der Waals surface area contributed by atoms with E-state index in [1.807, 2.05) is 18.2 Å². The Morgan fingerprint density at radius 1 is 1.23 bits per heavy atom. The van der Waals surface area contributed by atoms with E-state index >= 15 is 0 Å². The summed E-state index contributed by atoms with van der Waals surface area (Å²) < 4.78 is 11.2. The molecule has 0 amide bonds. The van der Waals surface area contributed by atoms with Gasteiger partial charge in [0.15, 0.2) is 11.5 Å². The summed E-state index contributed by atoms with van der Waals surface area (Å²) in [6.45, 7) is 7.57. The zero-order valence-electron chi connectivity index (χ0n) is 17.5. The predicted molar refractivity (Wildman–Crippen MR) is 120 cm³/mol. The number of aromatic hydroxyl groups is 1. The third kappa shape index (κ3) is 4.28. The van der Waals surface area contributed by atoms with Crippen molar-refractivity contribution in [1.29, 1.82) is 0 Å². The van der Waals surface area contributed by atoms with E-state index in [1.165, 1.54) is 0 Å². The molecule has 3 aromatic rings. The van der Waals surface area contributed by atoms with Crippen LogP contribution >= 0.6 is 0 Å². The number of phenolic OH excluding ortho intramolecular Hbond substituents is 1. The van der Waals surface area contributed by atoms with E-state index in [-0.39, 0.29) is 5.75 Å². The minimum Gasteiger partial charge on any atom is -0.504 e. The summed E-state index contributed by atoms with van der Waals surface area (Å²) in [5, 5.41) is 14.6. The lowest BCUT2D eigenvalue weighted by molar-refractivity contribution is 0.293. The average molecular weight is 408 g/mol. The zero-order valence-corrected chi connectivity index (χ0v) is 17.5. The van der Waals surface area contributed by atoms with Crippen LogP contribution in [0.1, 0.15) is 26.7 Å². The highest BCUT2D eigenvalue weighted by Gasteiger charge is 2.17. The molecule has 1 atom stereocenters. The third-order valence-electron chi connectivity index (χ3n) is 5.48. The lowest BCUT2D eigenvalue weighted by atomic mass is 10.0. The fourth-order valence-electron chi connectivity index (χ4n) is 3.80. The standard InChI is InChI=1S/C24H28N2O4/c1-3-4-11-29-22-8-6-17(13-21(22)27)20-12-18-5-7-19(14-23(18)30-24(20)28)26-10-9-25-16(2)15-26/h5-8,12-14,16,25,27H,3-4,9-11,15H2,1-2H3. The Balaban J connectivity index is 1.62. The number of ether oxygens (including phenoxy) is 1. The molecule has 1 aromatic heterocycles. The van der Waals surface area contributed by atoms with Gasteiger partial charge in [-0.1, -0.05) is 19.4 Å². The minimum atomic E-state index is -0.424. The van der Waals surface area contributed by atoms with Crippen LogP contribution in [-0.2, 0) is 0 Å². The molecule has 6 nitrogen and oxygen atoms in total. The molecule has 6 heteroatoms. The lowest BCUT2D eigenvalue weighted by Gasteiger charge is -2.33. The van der Waals surface area contributed by atoms with Crippen molar-refractivity contribution in [3.05, 3.63) is 52.9 Å². The van der Waals surface area contributed by atoms with Crippen LogP contribution in [0.5, 0.6) is 11.5 Å². The molecular formula is C24H28N2O4. The van der Waals surface area contributed by atoms with Gasteiger partial charge in [0, 0.05) is 42.8 Å². The number of benzene rings is 2. The first-order valence-electron chi connectivity index (χ1n) is 10.6. The van der Waals surface area contributed by atoms with Crippen LogP contribution in [-0.4, -0.2) is 37.4 Å². The third-order valence-corrected chi connectivity index (χ3v) is 5.48. The molecule has 4 rings (SSSR count). The number of anilines is 1. The van der Waals surface area contributed by atoms with Gasteiger partial charge in [-0.3, -0.25) is 0 Å². The van der Waals surface area contributed by atoms with Gasteiger partial charge in [0.2, 0.25) is 0 Å². The van der Waals surface area contributed by atoms with Gasteiger partial charge in [-0.2, -0.15) is 0 Å². The predicted octanol–water partition coefficient (Wildman–Crippen LogP) is 4.14. The molecule has 1 saturated heterocycles. The van der Waals surface area contributed by atoms with E-state index in [2.05, 4.69) is 30.1 Å². The lowest BCUT2D eigenvalue weighted by Crippen LogP contribution is -2.49. The maximum Gasteiger partial charge on any atom is 0.344 e. The van der Waals surface area contributed by atoms with E-state index in [1.54, 1.807) is 18.2 Å². The van der Waals surface area contributed by atoms with Crippen LogP contribution in [0.15, 0.2) is 51.7 Å². The molecule has 0 bridgehead atoms. The summed E-state index contributed by atoms with van der Waals surface area (Å²) in [6, 6.07) is 13.2. The molecule has 158 valence electrons. The van der Waals surface area contributed by atoms with Crippen LogP contribution in [0, 0.1) is 0 Å². The second-order valence-corrected chi connectivity index (χ2v) is 7.86. The average Bonchev–Trinajstić information content (AvgIpc) is 2.74. The van der Waals surface area contributed by atoms with Gasteiger partial charge in [-0.25, -0.2) is 4.79 Å². The monoisotopic (exact) mass is 408 g/mol. The zero-order chi connectivity index (χ0) is 21.1. The van der Waals surface area contributed by atoms with Crippen molar-refractivity contribution in [2.45, 2.75) is 32.7 Å². The number of nitrogens with zero attached hydrogens (tertiary/aromatic N) is 1. The Morgan fingerprint density at radius 3 is 2.87 bits per heavy atom. The highest BCUT2D eigenvalue weighted by molar-refractivity contribution is 5.84. The topological polar surface area (TPSA) is 74.9 Å². The molecule has 0 spiro atoms. The number of fused-ring (bicyclic) bond motifs is 1. The minimum absolute atomic E-state index is 0.0197. The molecule has 1 aliphatic heterocycles. The van der Waals surface area contributed by atoms with Gasteiger partial charge in [0.05, 0.1) is 12.2 Å². The Bertz CT molecular complexity index is 1090. The maximum absolute atomic E-state index is 12.7. The Hall–Kier alpha value is -2.99. The quantitative estimate of drug-likeness (QED) is 0.472. The summed E-state index contributed by atoms with van der Waals surface area (Å²) in [4.78, 5) is 15.0. The molecule has 1 unspecified atom stereocenters. The molecule has 0 aliphatic carbocycles. The van der Waals surface area contributed by atoms with Crippen molar-refractivity contribution in [1.82, 2.24) is 5.32 Å². The largest absolute Gasteiger partial charge is 0.504 e. The highest BCUT2D eigenvalue weighted by Crippen LogP contribution is 2.32. The Labute approximate surface area is 176 Å². The van der Waals surface area contributed by atoms with Gasteiger partial charge < -0.3 is 24.5 Å². The second kappa shape index (κ2) is 8.79. The number of piperazine rings is 1. The number of hydrogen-bond acceptors (Lipinski definition) is 6. The number of rotatable bonds is 6.